The molecule has 0 spiro atoms. The van der Waals surface area contributed by atoms with Gasteiger partial charge in [-0.25, -0.2) is 0 Å². The number of piperazine rings is 1. The molecule has 0 bridgehead atoms. The predicted octanol–water partition coefficient (Wildman–Crippen LogP) is 4.88. The van der Waals surface area contributed by atoms with Gasteiger partial charge in [0.2, 0.25) is 5.91 Å². The first-order chi connectivity index (χ1) is 12.5. The van der Waals surface area contributed by atoms with Gasteiger partial charge in [-0.3, -0.25) is 4.79 Å². The molecule has 1 fully saturated rings. The Morgan fingerprint density at radius 3 is 2.54 bits per heavy atom. The van der Waals surface area contributed by atoms with Crippen molar-refractivity contribution in [2.75, 3.05) is 36.8 Å². The summed E-state index contributed by atoms with van der Waals surface area (Å²) >= 11 is 13.9. The number of nitrogens with zero attached hydrogens (tertiary/aromatic N) is 2. The molecule has 1 heterocycles. The van der Waals surface area contributed by atoms with Crippen LogP contribution in [0.5, 0.6) is 0 Å². The van der Waals surface area contributed by atoms with Crippen LogP contribution in [0.1, 0.15) is 11.1 Å². The number of anilines is 1. The number of thioether (sulfide) groups is 1. The van der Waals surface area contributed by atoms with E-state index in [1.165, 1.54) is 5.56 Å². The minimum Gasteiger partial charge on any atom is -0.368 e. The molecule has 3 nitrogen and oxygen atoms in total. The maximum Gasteiger partial charge on any atom is 0.232 e. The average molecular weight is 409 g/mol. The topological polar surface area (TPSA) is 23.6 Å². The van der Waals surface area contributed by atoms with Gasteiger partial charge in [0.25, 0.3) is 0 Å². The summed E-state index contributed by atoms with van der Waals surface area (Å²) in [5.74, 6) is 1.44. The fourth-order valence-corrected chi connectivity index (χ4v) is 4.45. The van der Waals surface area contributed by atoms with Gasteiger partial charge < -0.3 is 9.80 Å². The average Bonchev–Trinajstić information content (AvgIpc) is 2.65. The van der Waals surface area contributed by atoms with Crippen LogP contribution in [0.15, 0.2) is 42.5 Å². The third-order valence-corrected chi connectivity index (χ3v) is 6.16. The van der Waals surface area contributed by atoms with Gasteiger partial charge in [0.15, 0.2) is 0 Å². The molecule has 0 saturated carbocycles. The van der Waals surface area contributed by atoms with Crippen LogP contribution in [-0.4, -0.2) is 42.7 Å². The van der Waals surface area contributed by atoms with Gasteiger partial charge in [0, 0.05) is 47.7 Å². The van der Waals surface area contributed by atoms with Crippen molar-refractivity contribution in [2.45, 2.75) is 12.7 Å². The number of hydrogen-bond donors (Lipinski definition) is 0. The van der Waals surface area contributed by atoms with Crippen molar-refractivity contribution < 1.29 is 4.79 Å². The van der Waals surface area contributed by atoms with E-state index in [1.807, 2.05) is 47.4 Å². The zero-order valence-corrected chi connectivity index (χ0v) is 17.1. The van der Waals surface area contributed by atoms with Gasteiger partial charge in [0.05, 0.1) is 5.75 Å². The van der Waals surface area contributed by atoms with E-state index in [4.69, 9.17) is 23.2 Å². The highest BCUT2D eigenvalue weighted by Gasteiger charge is 2.22. The second-order valence-corrected chi connectivity index (χ2v) is 8.21. The molecule has 0 N–H and O–H groups in total. The van der Waals surface area contributed by atoms with Gasteiger partial charge in [-0.1, -0.05) is 47.5 Å². The van der Waals surface area contributed by atoms with E-state index in [0.29, 0.717) is 5.75 Å². The Kier molecular flexibility index (Phi) is 6.74. The molecule has 2 aromatic carbocycles. The largest absolute Gasteiger partial charge is 0.368 e. The van der Waals surface area contributed by atoms with E-state index < -0.39 is 0 Å². The van der Waals surface area contributed by atoms with Crippen molar-refractivity contribution in [1.82, 2.24) is 4.90 Å². The van der Waals surface area contributed by atoms with Gasteiger partial charge in [0.1, 0.15) is 0 Å². The lowest BCUT2D eigenvalue weighted by Gasteiger charge is -2.37. The van der Waals surface area contributed by atoms with Crippen molar-refractivity contribution in [2.24, 2.45) is 0 Å². The molecular formula is C20H22Cl2N2OS. The first kappa shape index (κ1) is 19.4. The molecule has 6 heteroatoms. The molecule has 1 amide bonds. The SMILES string of the molecule is Cc1ccc(Cl)cc1N1CCN(C(=O)CSCc2ccccc2Cl)CC1. The third kappa shape index (κ3) is 4.87. The second kappa shape index (κ2) is 9.03. The lowest BCUT2D eigenvalue weighted by atomic mass is 10.1. The summed E-state index contributed by atoms with van der Waals surface area (Å²) in [6, 6.07) is 13.7. The van der Waals surface area contributed by atoms with Crippen LogP contribution in [0.25, 0.3) is 0 Å². The van der Waals surface area contributed by atoms with Crippen molar-refractivity contribution in [3.05, 3.63) is 63.6 Å². The van der Waals surface area contributed by atoms with Crippen LogP contribution >= 0.6 is 35.0 Å². The first-order valence-electron chi connectivity index (χ1n) is 8.64. The molecule has 3 rings (SSSR count). The van der Waals surface area contributed by atoms with Crippen LogP contribution < -0.4 is 4.90 Å². The molecule has 0 radical (unpaired) electrons. The minimum atomic E-state index is 0.199. The summed E-state index contributed by atoms with van der Waals surface area (Å²) < 4.78 is 0. The molecule has 1 aliphatic heterocycles. The number of carbonyl (C=O) groups excluding carboxylic acids is 1. The molecule has 2 aromatic rings. The fraction of sp³-hybridized carbons (Fsp3) is 0.350. The number of hydrogen-bond acceptors (Lipinski definition) is 3. The summed E-state index contributed by atoms with van der Waals surface area (Å²) in [6.07, 6.45) is 0. The highest BCUT2D eigenvalue weighted by atomic mass is 35.5. The number of rotatable bonds is 5. The Morgan fingerprint density at radius 2 is 1.81 bits per heavy atom. The maximum atomic E-state index is 12.5. The highest BCUT2D eigenvalue weighted by molar-refractivity contribution is 7.99. The van der Waals surface area contributed by atoms with E-state index in [2.05, 4.69) is 11.8 Å². The monoisotopic (exact) mass is 408 g/mol. The van der Waals surface area contributed by atoms with Crippen molar-refractivity contribution in [3.8, 4) is 0 Å². The van der Waals surface area contributed by atoms with E-state index in [1.54, 1.807) is 11.8 Å². The van der Waals surface area contributed by atoms with Crippen LogP contribution in [0.4, 0.5) is 5.69 Å². The number of benzene rings is 2. The van der Waals surface area contributed by atoms with Gasteiger partial charge in [-0.2, -0.15) is 0 Å². The van der Waals surface area contributed by atoms with E-state index in [9.17, 15) is 4.79 Å². The molecule has 1 saturated heterocycles. The van der Waals surface area contributed by atoms with Gasteiger partial charge in [-0.05, 0) is 36.2 Å². The smallest absolute Gasteiger partial charge is 0.232 e. The number of halogens is 2. The van der Waals surface area contributed by atoms with Crippen LogP contribution in [0, 0.1) is 6.92 Å². The lowest BCUT2D eigenvalue weighted by Crippen LogP contribution is -2.49. The minimum absolute atomic E-state index is 0.199. The Hall–Kier alpha value is -1.36. The summed E-state index contributed by atoms with van der Waals surface area (Å²) in [6.45, 7) is 5.26. The molecule has 0 aliphatic carbocycles. The number of aryl methyl sites for hydroxylation is 1. The van der Waals surface area contributed by atoms with Crippen LogP contribution in [-0.2, 0) is 10.5 Å². The normalized spacial score (nSPS) is 14.6. The number of amides is 1. The van der Waals surface area contributed by atoms with Crippen molar-refractivity contribution >= 4 is 46.6 Å². The zero-order valence-electron chi connectivity index (χ0n) is 14.8. The quantitative estimate of drug-likeness (QED) is 0.703. The molecule has 1 aliphatic rings. The van der Waals surface area contributed by atoms with Crippen molar-refractivity contribution in [3.63, 3.8) is 0 Å². The third-order valence-electron chi connectivity index (χ3n) is 4.59. The molecule has 0 aromatic heterocycles. The summed E-state index contributed by atoms with van der Waals surface area (Å²) in [5.41, 5.74) is 3.45. The van der Waals surface area contributed by atoms with E-state index in [0.717, 1.165) is 53.2 Å². The fourth-order valence-electron chi connectivity index (χ4n) is 3.08. The predicted molar refractivity (Wildman–Crippen MR) is 113 cm³/mol. The highest BCUT2D eigenvalue weighted by Crippen LogP contribution is 2.26. The molecule has 26 heavy (non-hydrogen) atoms. The zero-order chi connectivity index (χ0) is 18.5. The standard InChI is InChI=1S/C20H22Cl2N2OS/c1-15-6-7-17(21)12-19(15)23-8-10-24(11-9-23)20(25)14-26-13-16-4-2-3-5-18(16)22/h2-7,12H,8-11,13-14H2,1H3. The van der Waals surface area contributed by atoms with Gasteiger partial charge in [-0.15, -0.1) is 11.8 Å². The Balaban J connectivity index is 1.48. The summed E-state index contributed by atoms with van der Waals surface area (Å²) in [5, 5.41) is 1.51. The lowest BCUT2D eigenvalue weighted by molar-refractivity contribution is -0.128. The van der Waals surface area contributed by atoms with E-state index >= 15 is 0 Å². The molecular weight excluding hydrogens is 387 g/mol. The molecule has 0 atom stereocenters. The number of carbonyl (C=O) groups is 1. The van der Waals surface area contributed by atoms with Gasteiger partial charge >= 0.3 is 0 Å². The summed E-state index contributed by atoms with van der Waals surface area (Å²) in [4.78, 5) is 16.7. The second-order valence-electron chi connectivity index (χ2n) is 6.38. The Morgan fingerprint density at radius 1 is 1.08 bits per heavy atom. The Bertz CT molecular complexity index is 776. The van der Waals surface area contributed by atoms with E-state index in [-0.39, 0.29) is 5.91 Å². The first-order valence-corrected chi connectivity index (χ1v) is 10.6. The van der Waals surface area contributed by atoms with Crippen LogP contribution in [0.2, 0.25) is 10.0 Å². The maximum absolute atomic E-state index is 12.5. The molecule has 0 unspecified atom stereocenters. The van der Waals surface area contributed by atoms with Crippen LogP contribution in [0.3, 0.4) is 0 Å². The van der Waals surface area contributed by atoms with Crippen molar-refractivity contribution in [1.29, 1.82) is 0 Å². The Labute approximate surface area is 169 Å². The summed E-state index contributed by atoms with van der Waals surface area (Å²) in [7, 11) is 0. The molecule has 138 valence electrons.